The van der Waals surface area contributed by atoms with Crippen molar-refractivity contribution in [2.24, 2.45) is 0 Å². The lowest BCUT2D eigenvalue weighted by Gasteiger charge is -2.16. The summed E-state index contributed by atoms with van der Waals surface area (Å²) in [6.45, 7) is 1.57. The number of amides is 2. The molecule has 2 aromatic rings. The van der Waals surface area contributed by atoms with Gasteiger partial charge in [-0.2, -0.15) is 0 Å². The molecule has 0 saturated heterocycles. The maximum atomic E-state index is 12.4. The Kier molecular flexibility index (Phi) is 7.91. The Morgan fingerprint density at radius 3 is 2.21 bits per heavy atom. The molecular weight excluding hydrogens is 396 g/mol. The van der Waals surface area contributed by atoms with Crippen molar-refractivity contribution in [1.29, 1.82) is 0 Å². The van der Waals surface area contributed by atoms with Gasteiger partial charge in [0.25, 0.3) is 0 Å². The number of carbonyl (C=O) groups is 2. The fourth-order valence-electron chi connectivity index (χ4n) is 2.40. The normalized spacial score (nSPS) is 11.6. The molecule has 0 aliphatic heterocycles. The maximum absolute atomic E-state index is 12.4. The zero-order valence-electron chi connectivity index (χ0n) is 16.6. The van der Waals surface area contributed by atoms with E-state index in [1.165, 1.54) is 26.4 Å². The van der Waals surface area contributed by atoms with E-state index >= 15 is 0 Å². The average molecular weight is 419 g/mol. The third kappa shape index (κ3) is 6.15. The van der Waals surface area contributed by atoms with Crippen LogP contribution in [0.25, 0.3) is 6.08 Å². The predicted octanol–water partition coefficient (Wildman–Crippen LogP) is 3.52. The van der Waals surface area contributed by atoms with Crippen LogP contribution in [-0.4, -0.2) is 39.2 Å². The van der Waals surface area contributed by atoms with Gasteiger partial charge in [0.15, 0.2) is 11.5 Å². The van der Waals surface area contributed by atoms with Crippen LogP contribution in [0.4, 0.5) is 5.69 Å². The second-order valence-electron chi connectivity index (χ2n) is 6.01. The molecule has 0 saturated carbocycles. The molecule has 2 rings (SSSR count). The number of halogens is 1. The topological polar surface area (TPSA) is 85.9 Å². The Morgan fingerprint density at radius 1 is 1.00 bits per heavy atom. The molecule has 154 valence electrons. The highest BCUT2D eigenvalue weighted by atomic mass is 35.5. The van der Waals surface area contributed by atoms with Crippen molar-refractivity contribution in [3.63, 3.8) is 0 Å². The van der Waals surface area contributed by atoms with Crippen LogP contribution in [0.2, 0.25) is 5.02 Å². The zero-order chi connectivity index (χ0) is 21.4. The SMILES string of the molecule is COc1ccc(/C=C/C(=O)NC(C)C(=O)Nc2cc(OC)c(OC)cc2Cl)cc1. The molecule has 0 fully saturated rings. The van der Waals surface area contributed by atoms with E-state index in [0.717, 1.165) is 11.3 Å². The summed E-state index contributed by atoms with van der Waals surface area (Å²) in [6, 6.07) is 9.53. The van der Waals surface area contributed by atoms with Gasteiger partial charge < -0.3 is 24.8 Å². The van der Waals surface area contributed by atoms with Gasteiger partial charge in [-0.3, -0.25) is 9.59 Å². The van der Waals surface area contributed by atoms with Crippen molar-refractivity contribution in [1.82, 2.24) is 5.32 Å². The third-order valence-electron chi connectivity index (χ3n) is 4.03. The zero-order valence-corrected chi connectivity index (χ0v) is 17.4. The van der Waals surface area contributed by atoms with Gasteiger partial charge in [-0.25, -0.2) is 0 Å². The van der Waals surface area contributed by atoms with Crippen molar-refractivity contribution < 1.29 is 23.8 Å². The molecule has 2 amide bonds. The number of anilines is 1. The van der Waals surface area contributed by atoms with E-state index < -0.39 is 17.9 Å². The second-order valence-corrected chi connectivity index (χ2v) is 6.42. The summed E-state index contributed by atoms with van der Waals surface area (Å²) in [4.78, 5) is 24.5. The van der Waals surface area contributed by atoms with Crippen LogP contribution in [0, 0.1) is 0 Å². The number of ether oxygens (including phenoxy) is 3. The molecule has 0 radical (unpaired) electrons. The molecule has 1 unspecified atom stereocenters. The van der Waals surface area contributed by atoms with E-state index in [1.54, 1.807) is 38.3 Å². The Bertz CT molecular complexity index is 897. The molecule has 0 spiro atoms. The van der Waals surface area contributed by atoms with Gasteiger partial charge in [0.05, 0.1) is 32.0 Å². The van der Waals surface area contributed by atoms with Crippen LogP contribution in [0.5, 0.6) is 17.2 Å². The van der Waals surface area contributed by atoms with E-state index in [4.69, 9.17) is 25.8 Å². The monoisotopic (exact) mass is 418 g/mol. The van der Waals surface area contributed by atoms with Gasteiger partial charge in [-0.1, -0.05) is 23.7 Å². The van der Waals surface area contributed by atoms with E-state index in [0.29, 0.717) is 17.2 Å². The van der Waals surface area contributed by atoms with Crippen LogP contribution in [0.15, 0.2) is 42.5 Å². The number of hydrogen-bond acceptors (Lipinski definition) is 5. The molecule has 0 aromatic heterocycles. The first-order valence-electron chi connectivity index (χ1n) is 8.73. The highest BCUT2D eigenvalue weighted by Crippen LogP contribution is 2.36. The molecule has 8 heteroatoms. The van der Waals surface area contributed by atoms with E-state index in [-0.39, 0.29) is 5.02 Å². The van der Waals surface area contributed by atoms with Crippen molar-refractivity contribution in [3.8, 4) is 17.2 Å². The average Bonchev–Trinajstić information content (AvgIpc) is 2.73. The molecule has 7 nitrogen and oxygen atoms in total. The Hall–Kier alpha value is -3.19. The number of methoxy groups -OCH3 is 3. The number of carbonyl (C=O) groups excluding carboxylic acids is 2. The Balaban J connectivity index is 1.97. The van der Waals surface area contributed by atoms with Crippen LogP contribution >= 0.6 is 11.6 Å². The van der Waals surface area contributed by atoms with E-state index in [2.05, 4.69) is 10.6 Å². The first-order valence-corrected chi connectivity index (χ1v) is 9.10. The molecule has 0 aliphatic carbocycles. The van der Waals surface area contributed by atoms with Gasteiger partial charge in [0.2, 0.25) is 11.8 Å². The number of nitrogens with one attached hydrogen (secondary N) is 2. The molecule has 0 aliphatic rings. The van der Waals surface area contributed by atoms with Crippen LogP contribution < -0.4 is 24.8 Å². The van der Waals surface area contributed by atoms with Gasteiger partial charge in [-0.15, -0.1) is 0 Å². The van der Waals surface area contributed by atoms with Gasteiger partial charge >= 0.3 is 0 Å². The van der Waals surface area contributed by atoms with Gasteiger partial charge in [-0.05, 0) is 30.7 Å². The molecule has 1 atom stereocenters. The second kappa shape index (κ2) is 10.4. The van der Waals surface area contributed by atoms with E-state index in [1.807, 2.05) is 12.1 Å². The smallest absolute Gasteiger partial charge is 0.246 e. The molecule has 2 N–H and O–H groups in total. The molecular formula is C21H23ClN2O5. The maximum Gasteiger partial charge on any atom is 0.246 e. The van der Waals surface area contributed by atoms with Crippen LogP contribution in [0.3, 0.4) is 0 Å². The van der Waals surface area contributed by atoms with Crippen LogP contribution in [-0.2, 0) is 9.59 Å². The quantitative estimate of drug-likeness (QED) is 0.640. The summed E-state index contributed by atoms with van der Waals surface area (Å²) in [6.07, 6.45) is 3.00. The molecule has 0 heterocycles. The summed E-state index contributed by atoms with van der Waals surface area (Å²) < 4.78 is 15.5. The number of rotatable bonds is 8. The standard InChI is InChI=1S/C21H23ClN2O5/c1-13(23-20(25)10-7-14-5-8-15(27-2)9-6-14)21(26)24-17-12-19(29-4)18(28-3)11-16(17)22/h5-13H,1-4H3,(H,23,25)(H,24,26)/b10-7+. The lowest BCUT2D eigenvalue weighted by Crippen LogP contribution is -2.40. The summed E-state index contributed by atoms with van der Waals surface area (Å²) in [7, 11) is 4.55. The Morgan fingerprint density at radius 2 is 1.62 bits per heavy atom. The summed E-state index contributed by atoms with van der Waals surface area (Å²) in [5, 5.41) is 5.56. The van der Waals surface area contributed by atoms with Gasteiger partial charge in [0, 0.05) is 18.2 Å². The van der Waals surface area contributed by atoms with Crippen molar-refractivity contribution in [3.05, 3.63) is 53.1 Å². The minimum atomic E-state index is -0.785. The van der Waals surface area contributed by atoms with Crippen LogP contribution in [0.1, 0.15) is 12.5 Å². The lowest BCUT2D eigenvalue weighted by molar-refractivity contribution is -0.123. The van der Waals surface area contributed by atoms with Crippen molar-refractivity contribution >= 4 is 35.2 Å². The molecule has 2 aromatic carbocycles. The summed E-state index contributed by atoms with van der Waals surface area (Å²) >= 11 is 6.17. The fourth-order valence-corrected chi connectivity index (χ4v) is 2.61. The minimum Gasteiger partial charge on any atom is -0.497 e. The number of hydrogen-bond donors (Lipinski definition) is 2. The molecule has 0 bridgehead atoms. The van der Waals surface area contributed by atoms with E-state index in [9.17, 15) is 9.59 Å². The highest BCUT2D eigenvalue weighted by Gasteiger charge is 2.17. The minimum absolute atomic E-state index is 0.286. The largest absolute Gasteiger partial charge is 0.497 e. The first-order chi connectivity index (χ1) is 13.9. The first kappa shape index (κ1) is 22.1. The molecule has 29 heavy (non-hydrogen) atoms. The van der Waals surface area contributed by atoms with Crippen molar-refractivity contribution in [2.45, 2.75) is 13.0 Å². The number of benzene rings is 2. The predicted molar refractivity (Wildman–Crippen MR) is 113 cm³/mol. The summed E-state index contributed by atoms with van der Waals surface area (Å²) in [5.41, 5.74) is 1.18. The highest BCUT2D eigenvalue weighted by molar-refractivity contribution is 6.34. The summed E-state index contributed by atoms with van der Waals surface area (Å²) in [5.74, 6) is 0.768. The third-order valence-corrected chi connectivity index (χ3v) is 4.34. The lowest BCUT2D eigenvalue weighted by atomic mass is 10.2. The Labute approximate surface area is 174 Å². The van der Waals surface area contributed by atoms with Gasteiger partial charge in [0.1, 0.15) is 11.8 Å². The van der Waals surface area contributed by atoms with Crippen molar-refractivity contribution in [2.75, 3.05) is 26.6 Å². The fraction of sp³-hybridized carbons (Fsp3) is 0.238.